The zero-order valence-electron chi connectivity index (χ0n) is 25.9. The zero-order valence-corrected chi connectivity index (χ0v) is 29.8. The van der Waals surface area contributed by atoms with Crippen LogP contribution in [0.5, 0.6) is 0 Å². The zero-order chi connectivity index (χ0) is 33.6. The van der Waals surface area contributed by atoms with E-state index in [0.29, 0.717) is 25.8 Å². The van der Waals surface area contributed by atoms with Crippen LogP contribution in [0.25, 0.3) is 0 Å². The predicted octanol–water partition coefficient (Wildman–Crippen LogP) is 7.96. The van der Waals surface area contributed by atoms with Gasteiger partial charge in [0.1, 0.15) is 12.6 Å². The van der Waals surface area contributed by atoms with Crippen molar-refractivity contribution in [3.05, 3.63) is 128 Å². The van der Waals surface area contributed by atoms with Crippen molar-refractivity contribution in [3.8, 4) is 0 Å². The van der Waals surface area contributed by atoms with Gasteiger partial charge in [0.2, 0.25) is 11.8 Å². The minimum Gasteiger partial charge on any atom is -0.352 e. The number of hydrogen-bond donors (Lipinski definition) is 1. The molecule has 0 spiro atoms. The minimum absolute atomic E-state index is 0.00220. The molecule has 1 fully saturated rings. The van der Waals surface area contributed by atoms with Gasteiger partial charge in [-0.2, -0.15) is 0 Å². The second-order valence-electron chi connectivity index (χ2n) is 11.8. The van der Waals surface area contributed by atoms with Crippen molar-refractivity contribution in [1.82, 2.24) is 10.2 Å². The van der Waals surface area contributed by atoms with Gasteiger partial charge in [-0.15, -0.1) is 0 Å². The van der Waals surface area contributed by atoms with Gasteiger partial charge in [0.15, 0.2) is 0 Å². The number of aryl methyl sites for hydroxylation is 1. The molecule has 0 aliphatic heterocycles. The van der Waals surface area contributed by atoms with Gasteiger partial charge >= 0.3 is 0 Å². The van der Waals surface area contributed by atoms with Gasteiger partial charge in [-0.3, -0.25) is 13.9 Å². The Morgan fingerprint density at radius 2 is 1.57 bits per heavy atom. The van der Waals surface area contributed by atoms with Crippen LogP contribution in [0, 0.1) is 6.92 Å². The van der Waals surface area contributed by atoms with Gasteiger partial charge in [-0.1, -0.05) is 112 Å². The van der Waals surface area contributed by atoms with Crippen molar-refractivity contribution in [2.45, 2.75) is 62.6 Å². The van der Waals surface area contributed by atoms with E-state index in [1.807, 2.05) is 37.3 Å². The van der Waals surface area contributed by atoms with Crippen LogP contribution < -0.4 is 9.62 Å². The summed E-state index contributed by atoms with van der Waals surface area (Å²) in [6, 6.07) is 26.9. The third-order valence-corrected chi connectivity index (χ3v) is 11.3. The highest BCUT2D eigenvalue weighted by molar-refractivity contribution is 9.10. The Hall–Kier alpha value is -3.37. The molecule has 1 N–H and O–H groups in total. The van der Waals surface area contributed by atoms with Crippen LogP contribution >= 0.6 is 39.1 Å². The number of sulfonamides is 1. The van der Waals surface area contributed by atoms with Gasteiger partial charge in [0.05, 0.1) is 20.6 Å². The fourth-order valence-corrected chi connectivity index (χ4v) is 7.87. The van der Waals surface area contributed by atoms with Crippen LogP contribution in [-0.4, -0.2) is 43.8 Å². The first kappa shape index (κ1) is 35.0. The SMILES string of the molecule is Cc1ccc(S(=O)(=O)N(CC(=O)N(Cc2ccc(Cl)c(Cl)c2)[C@H](Cc2ccccc2)C(=O)NC2CCCC2)c2cccc(Br)c2)cc1. The number of hydrogen-bond acceptors (Lipinski definition) is 4. The summed E-state index contributed by atoms with van der Waals surface area (Å²) in [5, 5.41) is 3.85. The van der Waals surface area contributed by atoms with Crippen LogP contribution in [-0.2, 0) is 32.6 Å². The molecule has 7 nitrogen and oxygen atoms in total. The average Bonchev–Trinajstić information content (AvgIpc) is 3.56. The maximum absolute atomic E-state index is 14.6. The van der Waals surface area contributed by atoms with Crippen LogP contribution in [0.15, 0.2) is 106 Å². The molecule has 1 saturated carbocycles. The lowest BCUT2D eigenvalue weighted by Gasteiger charge is -2.34. The van der Waals surface area contributed by atoms with Gasteiger partial charge < -0.3 is 10.2 Å². The average molecular weight is 758 g/mol. The van der Waals surface area contributed by atoms with E-state index in [1.165, 1.54) is 17.0 Å². The summed E-state index contributed by atoms with van der Waals surface area (Å²) in [5.74, 6) is -0.834. The Morgan fingerprint density at radius 3 is 2.23 bits per heavy atom. The number of halogens is 3. The molecule has 1 aliphatic rings. The first-order valence-electron chi connectivity index (χ1n) is 15.4. The molecular formula is C36H36BrCl2N3O4S. The molecule has 4 aromatic carbocycles. The van der Waals surface area contributed by atoms with Crippen LogP contribution in [0.4, 0.5) is 5.69 Å². The number of benzene rings is 4. The molecule has 0 aromatic heterocycles. The number of nitrogens with zero attached hydrogens (tertiary/aromatic N) is 2. The molecule has 0 bridgehead atoms. The van der Waals surface area contributed by atoms with Crippen LogP contribution in [0.2, 0.25) is 10.0 Å². The molecule has 11 heteroatoms. The summed E-state index contributed by atoms with van der Waals surface area (Å²) in [7, 11) is -4.20. The maximum Gasteiger partial charge on any atom is 0.264 e. The number of amides is 2. The first-order valence-corrected chi connectivity index (χ1v) is 18.4. The summed E-state index contributed by atoms with van der Waals surface area (Å²) in [6.07, 6.45) is 4.03. The molecule has 0 saturated heterocycles. The van der Waals surface area contributed by atoms with Crippen molar-refractivity contribution >= 4 is 66.7 Å². The van der Waals surface area contributed by atoms with Crippen molar-refractivity contribution in [3.63, 3.8) is 0 Å². The monoisotopic (exact) mass is 755 g/mol. The molecule has 5 rings (SSSR count). The minimum atomic E-state index is -4.20. The Balaban J connectivity index is 1.58. The van der Waals surface area contributed by atoms with Gasteiger partial charge in [0.25, 0.3) is 10.0 Å². The van der Waals surface area contributed by atoms with E-state index in [1.54, 1.807) is 54.6 Å². The van der Waals surface area contributed by atoms with Crippen molar-refractivity contribution in [2.24, 2.45) is 0 Å². The number of nitrogens with one attached hydrogen (secondary N) is 1. The van der Waals surface area contributed by atoms with E-state index < -0.39 is 28.5 Å². The summed E-state index contributed by atoms with van der Waals surface area (Å²) in [6.45, 7) is 1.33. The quantitative estimate of drug-likeness (QED) is 0.159. The highest BCUT2D eigenvalue weighted by Crippen LogP contribution is 2.29. The van der Waals surface area contributed by atoms with Crippen molar-refractivity contribution in [1.29, 1.82) is 0 Å². The lowest BCUT2D eigenvalue weighted by molar-refractivity contribution is -0.140. The van der Waals surface area contributed by atoms with Crippen molar-refractivity contribution in [2.75, 3.05) is 10.8 Å². The van der Waals surface area contributed by atoms with Crippen LogP contribution in [0.1, 0.15) is 42.4 Å². The maximum atomic E-state index is 14.6. The van der Waals surface area contributed by atoms with E-state index in [4.69, 9.17) is 23.2 Å². The first-order chi connectivity index (χ1) is 22.5. The van der Waals surface area contributed by atoms with Crippen LogP contribution in [0.3, 0.4) is 0 Å². The third-order valence-electron chi connectivity index (χ3n) is 8.29. The largest absolute Gasteiger partial charge is 0.352 e. The summed E-state index contributed by atoms with van der Waals surface area (Å²) in [4.78, 5) is 30.3. The molecular weight excluding hydrogens is 721 g/mol. The molecule has 0 heterocycles. The lowest BCUT2D eigenvalue weighted by Crippen LogP contribution is -2.54. The molecule has 1 aliphatic carbocycles. The van der Waals surface area contributed by atoms with E-state index >= 15 is 0 Å². The molecule has 0 unspecified atom stereocenters. The number of rotatable bonds is 12. The highest BCUT2D eigenvalue weighted by atomic mass is 79.9. The Kier molecular flexibility index (Phi) is 11.7. The van der Waals surface area contributed by atoms with Gasteiger partial charge in [-0.25, -0.2) is 8.42 Å². The van der Waals surface area contributed by atoms with E-state index in [0.717, 1.165) is 41.1 Å². The number of carbonyl (C=O) groups excluding carboxylic acids is 2. The van der Waals surface area contributed by atoms with Gasteiger partial charge in [0, 0.05) is 23.5 Å². The second kappa shape index (κ2) is 15.7. The third kappa shape index (κ3) is 8.96. The molecule has 4 aromatic rings. The Morgan fingerprint density at radius 1 is 0.872 bits per heavy atom. The Labute approximate surface area is 295 Å². The normalized spacial score (nSPS) is 14.0. The highest BCUT2D eigenvalue weighted by Gasteiger charge is 2.35. The molecule has 1 atom stereocenters. The molecule has 0 radical (unpaired) electrons. The summed E-state index contributed by atoms with van der Waals surface area (Å²) in [5.41, 5.74) is 2.72. The fraction of sp³-hybridized carbons (Fsp3) is 0.278. The molecule has 246 valence electrons. The van der Waals surface area contributed by atoms with E-state index in [2.05, 4.69) is 21.2 Å². The smallest absolute Gasteiger partial charge is 0.264 e. The van der Waals surface area contributed by atoms with Gasteiger partial charge in [-0.05, 0) is 73.4 Å². The second-order valence-corrected chi connectivity index (χ2v) is 15.4. The Bertz CT molecular complexity index is 1820. The fourth-order valence-electron chi connectivity index (χ4n) is 5.75. The van der Waals surface area contributed by atoms with E-state index in [-0.39, 0.29) is 29.8 Å². The van der Waals surface area contributed by atoms with Crippen molar-refractivity contribution < 1.29 is 18.0 Å². The number of carbonyl (C=O) groups is 2. The summed E-state index contributed by atoms with van der Waals surface area (Å²) < 4.78 is 30.2. The summed E-state index contributed by atoms with van der Waals surface area (Å²) >= 11 is 16.0. The number of anilines is 1. The lowest BCUT2D eigenvalue weighted by atomic mass is 10.0. The topological polar surface area (TPSA) is 86.8 Å². The predicted molar refractivity (Wildman–Crippen MR) is 191 cm³/mol. The standard InChI is InChI=1S/C36H36BrCl2N3O4S/c1-25-14-17-31(18-15-25)47(45,46)42(30-13-7-10-28(37)22-30)24-35(43)41(23-27-16-19-32(38)33(39)20-27)34(21-26-8-3-2-4-9-26)36(44)40-29-11-5-6-12-29/h2-4,7-10,13-20,22,29,34H,5-6,11-12,21,23-24H2,1H3,(H,40,44)/t34-/m1/s1. The molecule has 47 heavy (non-hydrogen) atoms. The molecule has 2 amide bonds. The van der Waals surface area contributed by atoms with E-state index in [9.17, 15) is 18.0 Å².